The fraction of sp³-hybridized carbons (Fsp3) is 0.208. The minimum atomic E-state index is -0.816. The quantitative estimate of drug-likeness (QED) is 0.501. The van der Waals surface area contributed by atoms with Gasteiger partial charge < -0.3 is 10.6 Å². The van der Waals surface area contributed by atoms with Gasteiger partial charge in [-0.25, -0.2) is 8.78 Å². The molecule has 1 aliphatic rings. The van der Waals surface area contributed by atoms with Crippen LogP contribution in [-0.4, -0.2) is 33.3 Å². The Bertz CT molecular complexity index is 1230. The van der Waals surface area contributed by atoms with E-state index in [0.717, 1.165) is 40.7 Å². The third-order valence-electron chi connectivity index (χ3n) is 5.81. The number of hydrogen-bond donors (Lipinski definition) is 1. The molecule has 2 N–H and O–H groups in total. The second kappa shape index (κ2) is 8.74. The number of aryl methyl sites for hydroxylation is 1. The summed E-state index contributed by atoms with van der Waals surface area (Å²) in [6.07, 6.45) is 4.20. The molecular weight excluding hydrogens is 412 g/mol. The maximum absolute atomic E-state index is 13.9. The summed E-state index contributed by atoms with van der Waals surface area (Å²) in [6.45, 7) is 2.86. The van der Waals surface area contributed by atoms with Crippen molar-refractivity contribution in [2.75, 3.05) is 6.54 Å². The number of aromatic nitrogens is 2. The molecule has 0 bridgehead atoms. The van der Waals surface area contributed by atoms with Crippen molar-refractivity contribution in [1.82, 2.24) is 14.7 Å². The van der Waals surface area contributed by atoms with E-state index in [4.69, 9.17) is 5.73 Å². The lowest BCUT2D eigenvalue weighted by molar-refractivity contribution is -0.127. The van der Waals surface area contributed by atoms with Crippen molar-refractivity contribution >= 4 is 17.8 Å². The van der Waals surface area contributed by atoms with Gasteiger partial charge in [-0.15, -0.1) is 0 Å². The van der Waals surface area contributed by atoms with E-state index in [0.29, 0.717) is 13.1 Å². The van der Waals surface area contributed by atoms with E-state index in [1.165, 1.54) is 12.3 Å². The van der Waals surface area contributed by atoms with Crippen LogP contribution in [0, 0.1) is 18.6 Å². The van der Waals surface area contributed by atoms with Crippen molar-refractivity contribution in [3.05, 3.63) is 94.5 Å². The lowest BCUT2D eigenvalue weighted by atomic mass is 9.84. The Kier molecular flexibility index (Phi) is 5.85. The van der Waals surface area contributed by atoms with Gasteiger partial charge in [0.2, 0.25) is 0 Å². The molecule has 32 heavy (non-hydrogen) atoms. The predicted octanol–water partition coefficient (Wildman–Crippen LogP) is 3.73. The number of rotatable bonds is 4. The molecule has 1 unspecified atom stereocenters. The van der Waals surface area contributed by atoms with Crippen LogP contribution in [0.15, 0.2) is 65.4 Å². The number of aliphatic imine (C=N–C) groups is 1. The van der Waals surface area contributed by atoms with Crippen molar-refractivity contribution < 1.29 is 13.6 Å². The largest absolute Gasteiger partial charge is 0.404 e. The molecule has 0 fully saturated rings. The lowest BCUT2D eigenvalue weighted by Gasteiger charge is -2.35. The highest BCUT2D eigenvalue weighted by molar-refractivity contribution is 6.12. The molecule has 4 rings (SSSR count). The molecule has 0 spiro atoms. The highest BCUT2D eigenvalue weighted by Crippen LogP contribution is 2.35. The highest BCUT2D eigenvalue weighted by atomic mass is 19.1. The summed E-state index contributed by atoms with van der Waals surface area (Å²) in [6, 6.07) is 11.1. The Balaban J connectivity index is 1.63. The Morgan fingerprint density at radius 3 is 2.69 bits per heavy atom. The van der Waals surface area contributed by atoms with Crippen molar-refractivity contribution in [3.63, 3.8) is 0 Å². The SMILES string of the molecule is Cc1c(C2CN(C(=O)/C(C=Nc3ccc(F)cc3F)=C/N)Cc3ccccc32)cnn1C. The van der Waals surface area contributed by atoms with Gasteiger partial charge in [0, 0.05) is 55.8 Å². The molecule has 0 saturated carbocycles. The van der Waals surface area contributed by atoms with Gasteiger partial charge in [0.05, 0.1) is 17.5 Å². The molecule has 8 heteroatoms. The number of carbonyl (C=O) groups is 1. The molecule has 164 valence electrons. The Morgan fingerprint density at radius 2 is 2.00 bits per heavy atom. The number of hydrogen-bond acceptors (Lipinski definition) is 4. The molecule has 0 saturated heterocycles. The van der Waals surface area contributed by atoms with Gasteiger partial charge in [0.1, 0.15) is 5.82 Å². The highest BCUT2D eigenvalue weighted by Gasteiger charge is 2.31. The van der Waals surface area contributed by atoms with Gasteiger partial charge in [0.25, 0.3) is 5.91 Å². The molecule has 1 aromatic heterocycles. The van der Waals surface area contributed by atoms with Crippen LogP contribution in [0.25, 0.3) is 0 Å². The van der Waals surface area contributed by atoms with Crippen LogP contribution >= 0.6 is 0 Å². The van der Waals surface area contributed by atoms with Gasteiger partial charge in [-0.1, -0.05) is 24.3 Å². The topological polar surface area (TPSA) is 76.5 Å². The van der Waals surface area contributed by atoms with E-state index in [-0.39, 0.29) is 23.1 Å². The first-order chi connectivity index (χ1) is 15.4. The fourth-order valence-corrected chi connectivity index (χ4v) is 3.96. The van der Waals surface area contributed by atoms with Crippen molar-refractivity contribution in [2.24, 2.45) is 17.8 Å². The first-order valence-electron chi connectivity index (χ1n) is 10.2. The smallest absolute Gasteiger partial charge is 0.257 e. The predicted molar refractivity (Wildman–Crippen MR) is 118 cm³/mol. The van der Waals surface area contributed by atoms with E-state index in [1.54, 1.807) is 4.90 Å². The zero-order chi connectivity index (χ0) is 22.8. The fourth-order valence-electron chi connectivity index (χ4n) is 3.96. The number of nitrogens with two attached hydrogens (primary N) is 1. The van der Waals surface area contributed by atoms with Crippen molar-refractivity contribution in [2.45, 2.75) is 19.4 Å². The van der Waals surface area contributed by atoms with Gasteiger partial charge in [-0.2, -0.15) is 5.10 Å². The Morgan fingerprint density at radius 1 is 1.22 bits per heavy atom. The van der Waals surface area contributed by atoms with E-state index in [9.17, 15) is 13.6 Å². The van der Waals surface area contributed by atoms with E-state index >= 15 is 0 Å². The molecule has 6 nitrogen and oxygen atoms in total. The third kappa shape index (κ3) is 4.03. The average molecular weight is 435 g/mol. The van der Waals surface area contributed by atoms with Crippen LogP contribution in [0.5, 0.6) is 0 Å². The molecule has 1 aliphatic heterocycles. The first-order valence-corrected chi connectivity index (χ1v) is 10.2. The minimum Gasteiger partial charge on any atom is -0.404 e. The molecule has 0 radical (unpaired) electrons. The Labute approximate surface area is 184 Å². The van der Waals surface area contributed by atoms with Crippen LogP contribution in [0.3, 0.4) is 0 Å². The summed E-state index contributed by atoms with van der Waals surface area (Å²) >= 11 is 0. The average Bonchev–Trinajstić information content (AvgIpc) is 3.12. The van der Waals surface area contributed by atoms with Crippen LogP contribution in [-0.2, 0) is 18.4 Å². The molecule has 2 aromatic carbocycles. The molecule has 1 amide bonds. The number of fused-ring (bicyclic) bond motifs is 1. The van der Waals surface area contributed by atoms with Gasteiger partial charge in [0.15, 0.2) is 5.82 Å². The summed E-state index contributed by atoms with van der Waals surface area (Å²) in [5, 5.41) is 4.36. The van der Waals surface area contributed by atoms with Crippen LogP contribution < -0.4 is 5.73 Å². The summed E-state index contributed by atoms with van der Waals surface area (Å²) < 4.78 is 28.8. The summed E-state index contributed by atoms with van der Waals surface area (Å²) in [5.41, 5.74) is 10.0. The lowest BCUT2D eigenvalue weighted by Crippen LogP contribution is -2.39. The molecule has 3 aromatic rings. The zero-order valence-corrected chi connectivity index (χ0v) is 17.8. The maximum Gasteiger partial charge on any atom is 0.257 e. The number of benzene rings is 2. The molecular formula is C24H23F2N5O. The van der Waals surface area contributed by atoms with Gasteiger partial charge in [-0.3, -0.25) is 14.5 Å². The second-order valence-electron chi connectivity index (χ2n) is 7.72. The standard InChI is InChI=1S/C24H23F2N5O/c1-15-20(12-29-30(15)2)21-14-31(13-16-5-3-4-6-19(16)21)24(32)17(10-27)11-28-23-8-7-18(25)9-22(23)26/h3-12,21H,13-14,27H2,1-2H3/b17-10+,28-11?. The number of nitrogens with zero attached hydrogens (tertiary/aromatic N) is 4. The first kappa shape index (κ1) is 21.4. The minimum absolute atomic E-state index is 0.0388. The maximum atomic E-state index is 13.9. The van der Waals surface area contributed by atoms with Crippen molar-refractivity contribution in [3.8, 4) is 0 Å². The molecule has 0 aliphatic carbocycles. The van der Waals surface area contributed by atoms with E-state index < -0.39 is 11.6 Å². The zero-order valence-electron chi connectivity index (χ0n) is 17.8. The summed E-state index contributed by atoms with van der Waals surface area (Å²) in [4.78, 5) is 19.0. The second-order valence-corrected chi connectivity index (χ2v) is 7.72. The Hall–Kier alpha value is -3.81. The van der Waals surface area contributed by atoms with Crippen LogP contribution in [0.2, 0.25) is 0 Å². The molecule has 2 heterocycles. The van der Waals surface area contributed by atoms with E-state index in [1.807, 2.05) is 43.0 Å². The van der Waals surface area contributed by atoms with E-state index in [2.05, 4.69) is 16.2 Å². The number of amides is 1. The monoisotopic (exact) mass is 435 g/mol. The van der Waals surface area contributed by atoms with Gasteiger partial charge in [-0.05, 0) is 30.2 Å². The van der Waals surface area contributed by atoms with Crippen molar-refractivity contribution in [1.29, 1.82) is 0 Å². The summed E-state index contributed by atoms with van der Waals surface area (Å²) in [5.74, 6) is -1.87. The molecule has 1 atom stereocenters. The van der Waals surface area contributed by atoms with Crippen LogP contribution in [0.4, 0.5) is 14.5 Å². The number of halogens is 2. The third-order valence-corrected chi connectivity index (χ3v) is 5.81. The normalized spacial score (nSPS) is 16.4. The summed E-state index contributed by atoms with van der Waals surface area (Å²) in [7, 11) is 1.89. The number of carbonyl (C=O) groups excluding carboxylic acids is 1. The van der Waals surface area contributed by atoms with Gasteiger partial charge >= 0.3 is 0 Å². The van der Waals surface area contributed by atoms with Crippen LogP contribution in [0.1, 0.15) is 28.3 Å².